The first kappa shape index (κ1) is 10.5. The van der Waals surface area contributed by atoms with Gasteiger partial charge < -0.3 is 4.98 Å². The molecule has 0 saturated heterocycles. The van der Waals surface area contributed by atoms with E-state index in [-0.39, 0.29) is 5.56 Å². The van der Waals surface area contributed by atoms with Crippen LogP contribution in [-0.2, 0) is 0 Å². The molecule has 0 bridgehead atoms. The van der Waals surface area contributed by atoms with E-state index in [1.807, 2.05) is 24.3 Å². The predicted molar refractivity (Wildman–Crippen MR) is 72.2 cm³/mol. The summed E-state index contributed by atoms with van der Waals surface area (Å²) in [5.74, 6) is 0. The van der Waals surface area contributed by atoms with Crippen molar-refractivity contribution in [3.8, 4) is 5.69 Å². The van der Waals surface area contributed by atoms with Gasteiger partial charge in [0.05, 0.1) is 12.0 Å². The Labute approximate surface area is 110 Å². The number of para-hydroxylation sites is 1. The number of hydrogen-bond donors (Lipinski definition) is 1. The van der Waals surface area contributed by atoms with Crippen LogP contribution in [0, 0.1) is 3.57 Å². The van der Waals surface area contributed by atoms with Gasteiger partial charge in [-0.05, 0) is 34.7 Å². The minimum absolute atomic E-state index is 0.188. The van der Waals surface area contributed by atoms with Crippen molar-refractivity contribution in [1.82, 2.24) is 19.5 Å². The Morgan fingerprint density at radius 3 is 2.88 bits per heavy atom. The van der Waals surface area contributed by atoms with Gasteiger partial charge in [-0.2, -0.15) is 0 Å². The fraction of sp³-hybridized carbons (Fsp3) is 0. The van der Waals surface area contributed by atoms with E-state index in [2.05, 4.69) is 37.5 Å². The molecule has 2 heterocycles. The van der Waals surface area contributed by atoms with E-state index >= 15 is 0 Å². The van der Waals surface area contributed by atoms with Gasteiger partial charge in [0.2, 0.25) is 0 Å². The topological polar surface area (TPSA) is 63.6 Å². The zero-order chi connectivity index (χ0) is 11.8. The number of benzene rings is 1. The Morgan fingerprint density at radius 2 is 2.06 bits per heavy atom. The van der Waals surface area contributed by atoms with Crippen molar-refractivity contribution < 1.29 is 0 Å². The smallest absolute Gasteiger partial charge is 0.277 e. The van der Waals surface area contributed by atoms with Crippen molar-refractivity contribution in [2.24, 2.45) is 0 Å². The van der Waals surface area contributed by atoms with Gasteiger partial charge >= 0.3 is 0 Å². The van der Waals surface area contributed by atoms with E-state index in [4.69, 9.17) is 0 Å². The molecule has 0 fully saturated rings. The van der Waals surface area contributed by atoms with Crippen LogP contribution in [0.4, 0.5) is 0 Å². The van der Waals surface area contributed by atoms with E-state index in [1.54, 1.807) is 10.9 Å². The van der Waals surface area contributed by atoms with Crippen LogP contribution in [0.15, 0.2) is 41.7 Å². The maximum atomic E-state index is 11.8. The number of fused-ring (bicyclic) bond motifs is 1. The molecule has 3 rings (SSSR count). The van der Waals surface area contributed by atoms with Crippen LogP contribution in [0.3, 0.4) is 0 Å². The van der Waals surface area contributed by atoms with Crippen molar-refractivity contribution in [2.45, 2.75) is 0 Å². The third-order valence-electron chi connectivity index (χ3n) is 2.46. The molecule has 0 spiro atoms. The summed E-state index contributed by atoms with van der Waals surface area (Å²) in [6.45, 7) is 0. The zero-order valence-corrected chi connectivity index (χ0v) is 10.7. The third-order valence-corrected chi connectivity index (χ3v) is 3.37. The minimum Gasteiger partial charge on any atom is -0.311 e. The van der Waals surface area contributed by atoms with Gasteiger partial charge in [0, 0.05) is 3.57 Å². The lowest BCUT2D eigenvalue weighted by Gasteiger charge is -2.05. The Balaban J connectivity index is 2.40. The first-order valence-electron chi connectivity index (χ1n) is 4.93. The molecule has 5 nitrogen and oxygen atoms in total. The quantitative estimate of drug-likeness (QED) is 0.687. The molecule has 0 aliphatic rings. The van der Waals surface area contributed by atoms with Gasteiger partial charge in [-0.1, -0.05) is 12.1 Å². The highest BCUT2D eigenvalue weighted by Crippen LogP contribution is 2.19. The van der Waals surface area contributed by atoms with Gasteiger partial charge in [0.25, 0.3) is 5.56 Å². The first-order chi connectivity index (χ1) is 8.27. The van der Waals surface area contributed by atoms with Gasteiger partial charge in [-0.15, -0.1) is 0 Å². The summed E-state index contributed by atoms with van der Waals surface area (Å²) >= 11 is 2.22. The van der Waals surface area contributed by atoms with Gasteiger partial charge in [0.1, 0.15) is 6.33 Å². The highest BCUT2D eigenvalue weighted by molar-refractivity contribution is 14.1. The van der Waals surface area contributed by atoms with Crippen molar-refractivity contribution in [3.63, 3.8) is 0 Å². The molecule has 84 valence electrons. The Bertz CT molecular complexity index is 746. The molecular formula is C11H7IN4O. The van der Waals surface area contributed by atoms with Gasteiger partial charge in [-0.3, -0.25) is 9.36 Å². The first-order valence-corrected chi connectivity index (χ1v) is 6.01. The molecule has 6 heteroatoms. The molecule has 1 N–H and O–H groups in total. The molecule has 0 aliphatic heterocycles. The number of aromatic amines is 1. The second kappa shape index (κ2) is 3.95. The number of halogens is 1. The summed E-state index contributed by atoms with van der Waals surface area (Å²) < 4.78 is 2.80. The number of nitrogens with zero attached hydrogens (tertiary/aromatic N) is 3. The number of H-pyrrole nitrogens is 1. The Morgan fingerprint density at radius 1 is 1.24 bits per heavy atom. The average molecular weight is 338 g/mol. The van der Waals surface area contributed by atoms with E-state index in [0.29, 0.717) is 11.2 Å². The second-order valence-corrected chi connectivity index (χ2v) is 4.63. The normalized spacial score (nSPS) is 10.9. The Hall–Kier alpha value is -1.70. The third kappa shape index (κ3) is 1.64. The number of nitrogens with one attached hydrogen (secondary N) is 1. The monoisotopic (exact) mass is 338 g/mol. The summed E-state index contributed by atoms with van der Waals surface area (Å²) in [5, 5.41) is 0. The van der Waals surface area contributed by atoms with Crippen LogP contribution in [0.25, 0.3) is 16.9 Å². The molecule has 0 radical (unpaired) electrons. The van der Waals surface area contributed by atoms with Gasteiger partial charge in [0.15, 0.2) is 11.2 Å². The highest BCUT2D eigenvalue weighted by atomic mass is 127. The molecule has 0 aliphatic carbocycles. The number of hydrogen-bond acceptors (Lipinski definition) is 3. The molecule has 17 heavy (non-hydrogen) atoms. The fourth-order valence-corrected chi connectivity index (χ4v) is 2.34. The maximum absolute atomic E-state index is 11.8. The van der Waals surface area contributed by atoms with Crippen LogP contribution in [-0.4, -0.2) is 19.5 Å². The number of rotatable bonds is 1. The lowest BCUT2D eigenvalue weighted by molar-refractivity contribution is 1.06. The van der Waals surface area contributed by atoms with E-state index < -0.39 is 0 Å². The SMILES string of the molecule is O=c1[nH]cnc2ncn(-c3ccccc3I)c12. The van der Waals surface area contributed by atoms with Gasteiger partial charge in [-0.25, -0.2) is 9.97 Å². The standard InChI is InChI=1S/C11H7IN4O/c12-7-3-1-2-4-8(7)16-6-15-10-9(16)11(17)14-5-13-10/h1-6H,(H,13,14,17). The molecule has 3 aromatic rings. The minimum atomic E-state index is -0.188. The zero-order valence-electron chi connectivity index (χ0n) is 8.59. The molecular weight excluding hydrogens is 331 g/mol. The number of aromatic nitrogens is 4. The summed E-state index contributed by atoms with van der Waals surface area (Å²) in [7, 11) is 0. The van der Waals surface area contributed by atoms with Crippen molar-refractivity contribution in [3.05, 3.63) is 50.8 Å². The van der Waals surface area contributed by atoms with E-state index in [1.165, 1.54) is 6.33 Å². The lowest BCUT2D eigenvalue weighted by atomic mass is 10.3. The lowest BCUT2D eigenvalue weighted by Crippen LogP contribution is -2.10. The van der Waals surface area contributed by atoms with Crippen molar-refractivity contribution in [2.75, 3.05) is 0 Å². The van der Waals surface area contributed by atoms with E-state index in [0.717, 1.165) is 9.26 Å². The fourth-order valence-electron chi connectivity index (χ4n) is 1.69. The molecule has 0 unspecified atom stereocenters. The van der Waals surface area contributed by atoms with Crippen LogP contribution in [0.2, 0.25) is 0 Å². The average Bonchev–Trinajstić information content (AvgIpc) is 2.75. The largest absolute Gasteiger partial charge is 0.311 e. The molecule has 2 aromatic heterocycles. The molecule has 1 aromatic carbocycles. The molecule has 0 amide bonds. The van der Waals surface area contributed by atoms with Crippen LogP contribution in [0.5, 0.6) is 0 Å². The predicted octanol–water partition coefficient (Wildman–Crippen LogP) is 1.71. The van der Waals surface area contributed by atoms with Crippen LogP contribution < -0.4 is 5.56 Å². The Kier molecular flexibility index (Phi) is 2.43. The molecule has 0 saturated carbocycles. The summed E-state index contributed by atoms with van der Waals surface area (Å²) in [6, 6.07) is 7.79. The number of imidazole rings is 1. The maximum Gasteiger partial charge on any atom is 0.277 e. The highest BCUT2D eigenvalue weighted by Gasteiger charge is 2.10. The second-order valence-electron chi connectivity index (χ2n) is 3.47. The van der Waals surface area contributed by atoms with Crippen molar-refractivity contribution in [1.29, 1.82) is 0 Å². The summed E-state index contributed by atoms with van der Waals surface area (Å²) in [4.78, 5) is 22.5. The van der Waals surface area contributed by atoms with E-state index in [9.17, 15) is 4.79 Å². The summed E-state index contributed by atoms with van der Waals surface area (Å²) in [6.07, 6.45) is 2.97. The van der Waals surface area contributed by atoms with Crippen LogP contribution in [0.1, 0.15) is 0 Å². The molecule has 0 atom stereocenters. The van der Waals surface area contributed by atoms with Crippen LogP contribution >= 0.6 is 22.6 Å². The summed E-state index contributed by atoms with van der Waals surface area (Å²) in [5.41, 5.74) is 1.66. The van der Waals surface area contributed by atoms with Crippen molar-refractivity contribution >= 4 is 33.8 Å².